The van der Waals surface area contributed by atoms with Gasteiger partial charge in [-0.2, -0.15) is 0 Å². The maximum Gasteiger partial charge on any atom is 0.293 e. The number of benzene rings is 2. The first-order valence-corrected chi connectivity index (χ1v) is 8.57. The van der Waals surface area contributed by atoms with E-state index in [0.29, 0.717) is 10.7 Å². The minimum atomic E-state index is -0.298. The number of anilines is 1. The molecule has 0 aliphatic rings. The molecule has 0 saturated carbocycles. The van der Waals surface area contributed by atoms with Crippen LogP contribution in [0.2, 0.25) is 0 Å². The summed E-state index contributed by atoms with van der Waals surface area (Å²) in [4.78, 5) is 16.8. The molecule has 0 atom stereocenters. The zero-order valence-electron chi connectivity index (χ0n) is 12.1. The van der Waals surface area contributed by atoms with E-state index in [1.807, 2.05) is 37.3 Å². The number of aryl methyl sites for hydroxylation is 1. The molecule has 2 aromatic heterocycles. The van der Waals surface area contributed by atoms with Crippen molar-refractivity contribution in [3.05, 3.63) is 58.3 Å². The third-order valence-corrected chi connectivity index (χ3v) is 4.89. The predicted octanol–water partition coefficient (Wildman–Crippen LogP) is 5.37. The number of nitrogens with one attached hydrogen (secondary N) is 1. The molecule has 4 nitrogen and oxygen atoms in total. The van der Waals surface area contributed by atoms with Crippen LogP contribution in [0.3, 0.4) is 0 Å². The van der Waals surface area contributed by atoms with Crippen LogP contribution < -0.4 is 5.32 Å². The number of carbonyl (C=O) groups is 1. The third kappa shape index (κ3) is 2.75. The molecule has 6 heteroatoms. The van der Waals surface area contributed by atoms with Gasteiger partial charge < -0.3 is 4.42 Å². The molecular formula is C17H11BrN2O2S. The predicted molar refractivity (Wildman–Crippen MR) is 96.2 cm³/mol. The van der Waals surface area contributed by atoms with Gasteiger partial charge in [0.05, 0.1) is 10.2 Å². The van der Waals surface area contributed by atoms with Gasteiger partial charge in [0.2, 0.25) is 0 Å². The summed E-state index contributed by atoms with van der Waals surface area (Å²) < 4.78 is 7.59. The maximum absolute atomic E-state index is 12.4. The Morgan fingerprint density at radius 3 is 2.96 bits per heavy atom. The molecule has 1 amide bonds. The fraction of sp³-hybridized carbons (Fsp3) is 0.0588. The largest absolute Gasteiger partial charge is 0.451 e. The van der Waals surface area contributed by atoms with Gasteiger partial charge in [-0.25, -0.2) is 4.98 Å². The van der Waals surface area contributed by atoms with Crippen molar-refractivity contribution in [3.8, 4) is 0 Å². The molecule has 0 spiro atoms. The molecule has 0 aliphatic carbocycles. The van der Waals surface area contributed by atoms with Gasteiger partial charge in [-0.05, 0) is 48.9 Å². The molecule has 0 aliphatic heterocycles. The Kier molecular flexibility index (Phi) is 3.43. The first-order chi connectivity index (χ1) is 11.1. The van der Waals surface area contributed by atoms with E-state index in [1.165, 1.54) is 16.9 Å². The van der Waals surface area contributed by atoms with Crippen molar-refractivity contribution in [1.29, 1.82) is 0 Å². The summed E-state index contributed by atoms with van der Waals surface area (Å²) in [5, 5.41) is 4.25. The number of fused-ring (bicyclic) bond motifs is 2. The van der Waals surface area contributed by atoms with Crippen LogP contribution >= 0.6 is 27.3 Å². The van der Waals surface area contributed by atoms with Gasteiger partial charge in [-0.3, -0.25) is 10.1 Å². The van der Waals surface area contributed by atoms with E-state index in [0.717, 1.165) is 20.1 Å². The monoisotopic (exact) mass is 386 g/mol. The molecular weight excluding hydrogens is 376 g/mol. The molecule has 2 aromatic carbocycles. The molecule has 0 saturated heterocycles. The van der Waals surface area contributed by atoms with Gasteiger partial charge in [0.25, 0.3) is 5.91 Å². The maximum atomic E-state index is 12.4. The summed E-state index contributed by atoms with van der Waals surface area (Å²) in [6.45, 7) is 2.03. The quantitative estimate of drug-likeness (QED) is 0.503. The highest BCUT2D eigenvalue weighted by Gasteiger charge is 2.15. The van der Waals surface area contributed by atoms with Crippen molar-refractivity contribution in [1.82, 2.24) is 4.98 Å². The van der Waals surface area contributed by atoms with E-state index in [9.17, 15) is 4.79 Å². The van der Waals surface area contributed by atoms with E-state index in [1.54, 1.807) is 6.07 Å². The second-order valence-electron chi connectivity index (χ2n) is 5.24. The number of hydrogen-bond donors (Lipinski definition) is 1. The topological polar surface area (TPSA) is 55.1 Å². The minimum Gasteiger partial charge on any atom is -0.451 e. The SMILES string of the molecule is Cc1ccc2nc(NC(=O)c3cc4cc(Br)ccc4o3)sc2c1. The molecule has 0 unspecified atom stereocenters. The van der Waals surface area contributed by atoms with Crippen molar-refractivity contribution < 1.29 is 9.21 Å². The summed E-state index contributed by atoms with van der Waals surface area (Å²) in [6, 6.07) is 13.4. The van der Waals surface area contributed by atoms with Crippen molar-refractivity contribution >= 4 is 59.5 Å². The van der Waals surface area contributed by atoms with E-state index in [4.69, 9.17) is 4.42 Å². The average Bonchev–Trinajstić information content (AvgIpc) is 3.09. The zero-order valence-corrected chi connectivity index (χ0v) is 14.5. The number of hydrogen-bond acceptors (Lipinski definition) is 4. The van der Waals surface area contributed by atoms with Crippen LogP contribution in [0.15, 0.2) is 51.4 Å². The molecule has 0 bridgehead atoms. The molecule has 23 heavy (non-hydrogen) atoms. The van der Waals surface area contributed by atoms with E-state index >= 15 is 0 Å². The number of amides is 1. The number of furan rings is 1. The van der Waals surface area contributed by atoms with Crippen LogP contribution in [0.4, 0.5) is 5.13 Å². The Balaban J connectivity index is 1.64. The lowest BCUT2D eigenvalue weighted by Crippen LogP contribution is -2.10. The molecule has 4 aromatic rings. The van der Waals surface area contributed by atoms with Crippen LogP contribution in [0.5, 0.6) is 0 Å². The van der Waals surface area contributed by atoms with Crippen LogP contribution in [0.25, 0.3) is 21.2 Å². The molecule has 0 fully saturated rings. The Bertz CT molecular complexity index is 1050. The summed E-state index contributed by atoms with van der Waals surface area (Å²) in [6.07, 6.45) is 0. The van der Waals surface area contributed by atoms with Gasteiger partial charge in [0.1, 0.15) is 5.58 Å². The first kappa shape index (κ1) is 14.4. The van der Waals surface area contributed by atoms with Crippen molar-refractivity contribution in [2.24, 2.45) is 0 Å². The summed E-state index contributed by atoms with van der Waals surface area (Å²) in [5.41, 5.74) is 2.73. The number of carbonyl (C=O) groups excluding carboxylic acids is 1. The average molecular weight is 387 g/mol. The smallest absolute Gasteiger partial charge is 0.293 e. The highest BCUT2D eigenvalue weighted by molar-refractivity contribution is 9.10. The number of rotatable bonds is 2. The fourth-order valence-electron chi connectivity index (χ4n) is 2.37. The highest BCUT2D eigenvalue weighted by Crippen LogP contribution is 2.28. The van der Waals surface area contributed by atoms with E-state index in [2.05, 4.69) is 32.3 Å². The van der Waals surface area contributed by atoms with Crippen LogP contribution in [-0.4, -0.2) is 10.9 Å². The lowest BCUT2D eigenvalue weighted by molar-refractivity contribution is 0.0998. The lowest BCUT2D eigenvalue weighted by atomic mass is 10.2. The van der Waals surface area contributed by atoms with E-state index in [-0.39, 0.29) is 11.7 Å². The van der Waals surface area contributed by atoms with E-state index < -0.39 is 0 Å². The molecule has 114 valence electrons. The standard InChI is InChI=1S/C17H11BrN2O2S/c1-9-2-4-12-15(6-9)23-17(19-12)20-16(21)14-8-10-7-11(18)3-5-13(10)22-14/h2-8H,1H3,(H,19,20,21). The third-order valence-electron chi connectivity index (χ3n) is 3.47. The second-order valence-corrected chi connectivity index (χ2v) is 7.18. The normalized spacial score (nSPS) is 11.2. The number of aromatic nitrogens is 1. The summed E-state index contributed by atoms with van der Waals surface area (Å²) >= 11 is 4.86. The lowest BCUT2D eigenvalue weighted by Gasteiger charge is -1.96. The Morgan fingerprint density at radius 2 is 2.09 bits per heavy atom. The zero-order chi connectivity index (χ0) is 16.0. The Morgan fingerprint density at radius 1 is 1.22 bits per heavy atom. The molecule has 1 N–H and O–H groups in total. The second kappa shape index (κ2) is 5.47. The van der Waals surface area contributed by atoms with Gasteiger partial charge in [-0.1, -0.05) is 33.3 Å². The summed E-state index contributed by atoms with van der Waals surface area (Å²) in [7, 11) is 0. The Hall–Kier alpha value is -2.18. The summed E-state index contributed by atoms with van der Waals surface area (Å²) in [5.74, 6) is -0.0263. The van der Waals surface area contributed by atoms with Gasteiger partial charge in [-0.15, -0.1) is 0 Å². The number of halogens is 1. The fourth-order valence-corrected chi connectivity index (χ4v) is 3.71. The van der Waals surface area contributed by atoms with Crippen molar-refractivity contribution in [2.45, 2.75) is 6.92 Å². The van der Waals surface area contributed by atoms with Crippen LogP contribution in [0, 0.1) is 6.92 Å². The minimum absolute atomic E-state index is 0.272. The molecule has 0 radical (unpaired) electrons. The van der Waals surface area contributed by atoms with Crippen molar-refractivity contribution in [3.63, 3.8) is 0 Å². The first-order valence-electron chi connectivity index (χ1n) is 6.96. The van der Waals surface area contributed by atoms with Crippen LogP contribution in [-0.2, 0) is 0 Å². The highest BCUT2D eigenvalue weighted by atomic mass is 79.9. The van der Waals surface area contributed by atoms with Gasteiger partial charge in [0, 0.05) is 9.86 Å². The van der Waals surface area contributed by atoms with Crippen LogP contribution in [0.1, 0.15) is 16.1 Å². The number of nitrogens with zero attached hydrogens (tertiary/aromatic N) is 1. The Labute approximate surface area is 144 Å². The molecule has 4 rings (SSSR count). The number of thiazole rings is 1. The van der Waals surface area contributed by atoms with Gasteiger partial charge >= 0.3 is 0 Å². The molecule has 2 heterocycles. The van der Waals surface area contributed by atoms with Gasteiger partial charge in [0.15, 0.2) is 10.9 Å². The van der Waals surface area contributed by atoms with Crippen molar-refractivity contribution in [2.75, 3.05) is 5.32 Å².